The second kappa shape index (κ2) is 8.90. The van der Waals surface area contributed by atoms with Gasteiger partial charge in [0.1, 0.15) is 5.78 Å². The number of fused-ring (bicyclic) bond motifs is 2. The predicted molar refractivity (Wildman–Crippen MR) is 108 cm³/mol. The molecule has 0 radical (unpaired) electrons. The third-order valence-corrected chi connectivity index (χ3v) is 6.25. The minimum atomic E-state index is -4.36. The van der Waals surface area contributed by atoms with Crippen LogP contribution in [0.2, 0.25) is 0 Å². The summed E-state index contributed by atoms with van der Waals surface area (Å²) in [6.45, 7) is 2.10. The molecule has 0 amide bonds. The summed E-state index contributed by atoms with van der Waals surface area (Å²) in [6.07, 6.45) is -2.22. The summed E-state index contributed by atoms with van der Waals surface area (Å²) in [4.78, 5) is 15.3. The second-order valence-corrected chi connectivity index (χ2v) is 8.34. The van der Waals surface area contributed by atoms with Crippen molar-refractivity contribution < 1.29 is 22.7 Å². The molecule has 2 bridgehead atoms. The van der Waals surface area contributed by atoms with Crippen molar-refractivity contribution in [3.05, 3.63) is 71.3 Å². The summed E-state index contributed by atoms with van der Waals surface area (Å²) < 4.78 is 44.4. The van der Waals surface area contributed by atoms with Gasteiger partial charge in [0.2, 0.25) is 0 Å². The lowest BCUT2D eigenvalue weighted by atomic mass is 9.81. The molecule has 6 heteroatoms. The molecular formula is C24H26F3NO2. The molecule has 0 aromatic heterocycles. The lowest BCUT2D eigenvalue weighted by molar-refractivity contribution is -0.137. The zero-order chi connectivity index (χ0) is 21.1. The molecule has 3 nitrogen and oxygen atoms in total. The summed E-state index contributed by atoms with van der Waals surface area (Å²) >= 11 is 0. The lowest BCUT2D eigenvalue weighted by Crippen LogP contribution is -2.57. The number of halogens is 3. The highest BCUT2D eigenvalue weighted by molar-refractivity contribution is 5.81. The van der Waals surface area contributed by atoms with Crippen molar-refractivity contribution in [2.45, 2.75) is 50.5 Å². The quantitative estimate of drug-likeness (QED) is 0.671. The number of carbonyl (C=O) groups is 1. The van der Waals surface area contributed by atoms with Gasteiger partial charge in [-0.25, -0.2) is 0 Å². The van der Waals surface area contributed by atoms with Crippen LogP contribution in [-0.4, -0.2) is 36.0 Å². The standard InChI is InChI=1S/C24H26F3NO2/c25-24(26,27)20-8-4-7-17(11-20)9-10-23(29)19-12-21-15-30-16-22(13-19)28(21)14-18-5-2-1-3-6-18/h1-8,11,19,21-22H,9-10,12-16H2. The van der Waals surface area contributed by atoms with Gasteiger partial charge in [-0.3, -0.25) is 9.69 Å². The van der Waals surface area contributed by atoms with Gasteiger partial charge in [0.05, 0.1) is 18.8 Å². The van der Waals surface area contributed by atoms with Crippen LogP contribution in [0.4, 0.5) is 13.2 Å². The van der Waals surface area contributed by atoms with E-state index in [-0.39, 0.29) is 30.2 Å². The normalized spacial score (nSPS) is 24.6. The Kier molecular flexibility index (Phi) is 6.25. The Hall–Kier alpha value is -2.18. The maximum atomic E-state index is 12.9. The Morgan fingerprint density at radius 3 is 2.30 bits per heavy atom. The van der Waals surface area contributed by atoms with Gasteiger partial charge in [-0.2, -0.15) is 13.2 Å². The number of ketones is 1. The minimum Gasteiger partial charge on any atom is -0.378 e. The Morgan fingerprint density at radius 1 is 0.967 bits per heavy atom. The fourth-order valence-corrected chi connectivity index (χ4v) is 4.68. The molecule has 2 saturated heterocycles. The topological polar surface area (TPSA) is 29.5 Å². The van der Waals surface area contributed by atoms with Gasteiger partial charge >= 0.3 is 6.18 Å². The minimum absolute atomic E-state index is 0.0401. The van der Waals surface area contributed by atoms with E-state index in [1.165, 1.54) is 11.6 Å². The van der Waals surface area contributed by atoms with Crippen LogP contribution >= 0.6 is 0 Å². The Bertz CT molecular complexity index is 854. The number of benzene rings is 2. The molecule has 2 aromatic rings. The molecule has 30 heavy (non-hydrogen) atoms. The summed E-state index contributed by atoms with van der Waals surface area (Å²) in [6, 6.07) is 16.0. The fraction of sp³-hybridized carbons (Fsp3) is 0.458. The van der Waals surface area contributed by atoms with Crippen LogP contribution in [-0.2, 0) is 28.7 Å². The van der Waals surface area contributed by atoms with E-state index >= 15 is 0 Å². The first-order valence-corrected chi connectivity index (χ1v) is 10.5. The number of ether oxygens (including phenoxy) is 1. The smallest absolute Gasteiger partial charge is 0.378 e. The molecule has 2 aliphatic rings. The molecule has 4 rings (SSSR count). The number of hydrogen-bond donors (Lipinski definition) is 0. The summed E-state index contributed by atoms with van der Waals surface area (Å²) in [7, 11) is 0. The van der Waals surface area contributed by atoms with Crippen LogP contribution in [0.15, 0.2) is 54.6 Å². The number of hydrogen-bond acceptors (Lipinski definition) is 3. The van der Waals surface area contributed by atoms with Crippen LogP contribution in [0.5, 0.6) is 0 Å². The monoisotopic (exact) mass is 417 g/mol. The molecule has 2 aliphatic heterocycles. The zero-order valence-corrected chi connectivity index (χ0v) is 16.8. The van der Waals surface area contributed by atoms with Gasteiger partial charge < -0.3 is 4.74 Å². The molecule has 2 fully saturated rings. The van der Waals surface area contributed by atoms with Crippen molar-refractivity contribution in [3.8, 4) is 0 Å². The zero-order valence-electron chi connectivity index (χ0n) is 16.8. The van der Waals surface area contributed by atoms with Gasteiger partial charge in [0.25, 0.3) is 0 Å². The van der Waals surface area contributed by atoms with Crippen LogP contribution in [0.25, 0.3) is 0 Å². The maximum Gasteiger partial charge on any atom is 0.416 e. The van der Waals surface area contributed by atoms with E-state index in [4.69, 9.17) is 4.74 Å². The highest BCUT2D eigenvalue weighted by Gasteiger charge is 2.41. The van der Waals surface area contributed by atoms with E-state index in [0.717, 1.165) is 31.5 Å². The van der Waals surface area contributed by atoms with E-state index < -0.39 is 11.7 Å². The number of Topliss-reactive ketones (excluding diaryl/α,β-unsaturated/α-hetero) is 1. The number of aryl methyl sites for hydroxylation is 1. The van der Waals surface area contributed by atoms with Crippen LogP contribution < -0.4 is 0 Å². The predicted octanol–water partition coefficient (Wildman–Crippen LogP) is 4.89. The third-order valence-electron chi connectivity index (χ3n) is 6.25. The third kappa shape index (κ3) is 4.93. The lowest BCUT2D eigenvalue weighted by Gasteiger charge is -2.48. The Labute approximate surface area is 174 Å². The molecular weight excluding hydrogens is 391 g/mol. The largest absolute Gasteiger partial charge is 0.416 e. The van der Waals surface area contributed by atoms with Gasteiger partial charge in [-0.15, -0.1) is 0 Å². The molecule has 2 unspecified atom stereocenters. The first kappa shape index (κ1) is 21.1. The first-order valence-electron chi connectivity index (χ1n) is 10.5. The molecule has 160 valence electrons. The summed E-state index contributed by atoms with van der Waals surface area (Å²) in [5, 5.41) is 0. The molecule has 0 spiro atoms. The second-order valence-electron chi connectivity index (χ2n) is 8.34. The molecule has 2 heterocycles. The van der Waals surface area contributed by atoms with E-state index in [1.54, 1.807) is 6.07 Å². The SMILES string of the molecule is O=C(CCc1cccc(C(F)(F)F)c1)C1CC2COCC(C1)N2Cc1ccccc1. The van der Waals surface area contributed by atoms with E-state index in [9.17, 15) is 18.0 Å². The highest BCUT2D eigenvalue weighted by Crippen LogP contribution is 2.34. The fourth-order valence-electron chi connectivity index (χ4n) is 4.68. The molecule has 2 atom stereocenters. The van der Waals surface area contributed by atoms with Gasteiger partial charge in [-0.05, 0) is 36.5 Å². The molecule has 0 aliphatic carbocycles. The van der Waals surface area contributed by atoms with Crippen molar-refractivity contribution in [2.24, 2.45) is 5.92 Å². The van der Waals surface area contributed by atoms with Crippen LogP contribution in [0.1, 0.15) is 36.0 Å². The Balaban J connectivity index is 1.36. The molecule has 0 saturated carbocycles. The van der Waals surface area contributed by atoms with Gasteiger partial charge in [0.15, 0.2) is 0 Å². The summed E-state index contributed by atoms with van der Waals surface area (Å²) in [5.41, 5.74) is 1.15. The number of alkyl halides is 3. The van der Waals surface area contributed by atoms with Crippen LogP contribution in [0.3, 0.4) is 0 Å². The van der Waals surface area contributed by atoms with Crippen molar-refractivity contribution in [2.75, 3.05) is 13.2 Å². The van der Waals surface area contributed by atoms with E-state index in [0.29, 0.717) is 25.2 Å². The maximum absolute atomic E-state index is 12.9. The van der Waals surface area contributed by atoms with Gasteiger partial charge in [0, 0.05) is 31.0 Å². The average molecular weight is 417 g/mol. The van der Waals surface area contributed by atoms with Crippen molar-refractivity contribution in [1.82, 2.24) is 4.90 Å². The number of nitrogens with zero attached hydrogens (tertiary/aromatic N) is 1. The number of morpholine rings is 1. The average Bonchev–Trinajstić information content (AvgIpc) is 2.72. The van der Waals surface area contributed by atoms with E-state index in [1.807, 2.05) is 18.2 Å². The number of carbonyl (C=O) groups excluding carboxylic acids is 1. The summed E-state index contributed by atoms with van der Waals surface area (Å²) in [5.74, 6) is 0.116. The molecule has 2 aromatic carbocycles. The molecule has 0 N–H and O–H groups in total. The van der Waals surface area contributed by atoms with Crippen molar-refractivity contribution >= 4 is 5.78 Å². The Morgan fingerprint density at radius 2 is 1.63 bits per heavy atom. The van der Waals surface area contributed by atoms with Crippen molar-refractivity contribution in [1.29, 1.82) is 0 Å². The first-order chi connectivity index (χ1) is 14.4. The van der Waals surface area contributed by atoms with Crippen molar-refractivity contribution in [3.63, 3.8) is 0 Å². The van der Waals surface area contributed by atoms with E-state index in [2.05, 4.69) is 17.0 Å². The van der Waals surface area contributed by atoms with Gasteiger partial charge in [-0.1, -0.05) is 48.5 Å². The highest BCUT2D eigenvalue weighted by atomic mass is 19.4. The van der Waals surface area contributed by atoms with Crippen LogP contribution in [0, 0.1) is 5.92 Å². The number of piperidine rings is 1. The number of rotatable bonds is 6.